The molecular weight excluding hydrogens is 369 g/mol. The Labute approximate surface area is 162 Å². The van der Waals surface area contributed by atoms with Gasteiger partial charge in [-0.05, 0) is 56.3 Å². The highest BCUT2D eigenvalue weighted by Gasteiger charge is 2.43. The predicted molar refractivity (Wildman–Crippen MR) is 102 cm³/mol. The van der Waals surface area contributed by atoms with E-state index in [9.17, 15) is 14.0 Å². The summed E-state index contributed by atoms with van der Waals surface area (Å²) in [6, 6.07) is 7.44. The second-order valence-electron chi connectivity index (χ2n) is 7.10. The highest BCUT2D eigenvalue weighted by molar-refractivity contribution is 6.34. The molecule has 1 aliphatic carbocycles. The number of aromatic nitrogens is 1. The van der Waals surface area contributed by atoms with E-state index in [1.54, 1.807) is 12.1 Å². The average Bonchev–Trinajstić information content (AvgIpc) is 3.33. The van der Waals surface area contributed by atoms with Gasteiger partial charge in [0.15, 0.2) is 5.78 Å². The number of hydrogen-bond acceptors (Lipinski definition) is 4. The molecule has 2 aromatic rings. The number of hydrogen-bond donors (Lipinski definition) is 1. The molecule has 0 bridgehead atoms. The molecule has 0 saturated heterocycles. The van der Waals surface area contributed by atoms with E-state index in [2.05, 4.69) is 15.2 Å². The SMILES string of the molecule is CN(C)C[C@H]1C[C@H]1C(=O)Nc1cc(CC(=O)c2c(F)cccc2Cl)ccn1. The van der Waals surface area contributed by atoms with Gasteiger partial charge < -0.3 is 10.2 Å². The van der Waals surface area contributed by atoms with Crippen LogP contribution in [0.15, 0.2) is 36.5 Å². The lowest BCUT2D eigenvalue weighted by molar-refractivity contribution is -0.117. The van der Waals surface area contributed by atoms with Gasteiger partial charge >= 0.3 is 0 Å². The molecular formula is C20H21ClFN3O2. The fourth-order valence-corrected chi connectivity index (χ4v) is 3.42. The fourth-order valence-electron chi connectivity index (χ4n) is 3.15. The van der Waals surface area contributed by atoms with Crippen LogP contribution < -0.4 is 5.32 Å². The molecule has 1 aliphatic rings. The van der Waals surface area contributed by atoms with Gasteiger partial charge in [0, 0.05) is 25.1 Å². The van der Waals surface area contributed by atoms with Gasteiger partial charge in [-0.25, -0.2) is 9.37 Å². The summed E-state index contributed by atoms with van der Waals surface area (Å²) in [5.74, 6) is -0.370. The van der Waals surface area contributed by atoms with Gasteiger partial charge in [-0.1, -0.05) is 17.7 Å². The lowest BCUT2D eigenvalue weighted by atomic mass is 10.0. The van der Waals surface area contributed by atoms with E-state index in [1.807, 2.05) is 14.1 Å². The first kappa shape index (κ1) is 19.5. The lowest BCUT2D eigenvalue weighted by Gasteiger charge is -2.09. The number of carbonyl (C=O) groups excluding carboxylic acids is 2. The molecule has 1 saturated carbocycles. The van der Waals surface area contributed by atoms with Crippen molar-refractivity contribution in [2.45, 2.75) is 12.8 Å². The predicted octanol–water partition coefficient (Wildman–Crippen LogP) is 3.44. The third kappa shape index (κ3) is 4.90. The molecule has 1 amide bonds. The van der Waals surface area contributed by atoms with E-state index in [4.69, 9.17) is 11.6 Å². The number of benzene rings is 1. The Hall–Kier alpha value is -2.31. The van der Waals surface area contributed by atoms with Crippen molar-refractivity contribution in [1.82, 2.24) is 9.88 Å². The molecule has 0 spiro atoms. The highest BCUT2D eigenvalue weighted by Crippen LogP contribution is 2.39. The Morgan fingerprint density at radius 3 is 2.81 bits per heavy atom. The fraction of sp³-hybridized carbons (Fsp3) is 0.350. The van der Waals surface area contributed by atoms with Crippen molar-refractivity contribution >= 4 is 29.1 Å². The molecule has 7 heteroatoms. The largest absolute Gasteiger partial charge is 0.310 e. The van der Waals surface area contributed by atoms with E-state index in [1.165, 1.54) is 24.4 Å². The second-order valence-corrected chi connectivity index (χ2v) is 7.51. The maximum absolute atomic E-state index is 13.9. The van der Waals surface area contributed by atoms with Crippen molar-refractivity contribution in [3.05, 3.63) is 58.5 Å². The zero-order valence-electron chi connectivity index (χ0n) is 15.2. The van der Waals surface area contributed by atoms with Crippen molar-refractivity contribution < 1.29 is 14.0 Å². The van der Waals surface area contributed by atoms with Crippen LogP contribution in [0.25, 0.3) is 0 Å². The van der Waals surface area contributed by atoms with Crippen molar-refractivity contribution in [3.8, 4) is 0 Å². The van der Waals surface area contributed by atoms with Crippen LogP contribution in [-0.4, -0.2) is 42.2 Å². The summed E-state index contributed by atoms with van der Waals surface area (Å²) in [5.41, 5.74) is 0.510. The van der Waals surface area contributed by atoms with Gasteiger partial charge in [-0.3, -0.25) is 9.59 Å². The van der Waals surface area contributed by atoms with E-state index in [0.717, 1.165) is 13.0 Å². The standard InChI is InChI=1S/C20H21ClFN3O2/c1-25(2)11-13-10-14(13)20(27)24-18-9-12(6-7-23-18)8-17(26)19-15(21)4-3-5-16(19)22/h3-7,9,13-14H,8,10-11H2,1-2H3,(H,23,24,27)/t13-,14-/m1/s1. The minimum absolute atomic E-state index is 0.00305. The lowest BCUT2D eigenvalue weighted by Crippen LogP contribution is -2.20. The maximum Gasteiger partial charge on any atom is 0.228 e. The Balaban J connectivity index is 1.64. The van der Waals surface area contributed by atoms with E-state index >= 15 is 0 Å². The van der Waals surface area contributed by atoms with Crippen molar-refractivity contribution in [2.24, 2.45) is 11.8 Å². The monoisotopic (exact) mass is 389 g/mol. The Morgan fingerprint density at radius 1 is 1.33 bits per heavy atom. The van der Waals surface area contributed by atoms with Crippen LogP contribution in [0, 0.1) is 17.7 Å². The van der Waals surface area contributed by atoms with Gasteiger partial charge in [-0.2, -0.15) is 0 Å². The van der Waals surface area contributed by atoms with Crippen molar-refractivity contribution in [2.75, 3.05) is 26.0 Å². The summed E-state index contributed by atoms with van der Waals surface area (Å²) in [6.07, 6.45) is 2.36. The summed E-state index contributed by atoms with van der Waals surface area (Å²) in [7, 11) is 3.97. The summed E-state index contributed by atoms with van der Waals surface area (Å²) in [4.78, 5) is 30.9. The van der Waals surface area contributed by atoms with Crippen molar-refractivity contribution in [1.29, 1.82) is 0 Å². The highest BCUT2D eigenvalue weighted by atomic mass is 35.5. The summed E-state index contributed by atoms with van der Waals surface area (Å²) in [5, 5.41) is 2.89. The van der Waals surface area contributed by atoms with Gasteiger partial charge in [0.25, 0.3) is 0 Å². The summed E-state index contributed by atoms with van der Waals surface area (Å²) in [6.45, 7) is 0.878. The maximum atomic E-state index is 13.9. The first-order valence-corrected chi connectivity index (χ1v) is 9.10. The number of nitrogens with one attached hydrogen (secondary N) is 1. The van der Waals surface area contributed by atoms with Crippen LogP contribution in [0.2, 0.25) is 5.02 Å². The molecule has 3 rings (SSSR count). The summed E-state index contributed by atoms with van der Waals surface area (Å²) < 4.78 is 13.9. The van der Waals surface area contributed by atoms with Crippen LogP contribution in [0.3, 0.4) is 0 Å². The molecule has 1 fully saturated rings. The first-order chi connectivity index (χ1) is 12.8. The number of amides is 1. The molecule has 142 valence electrons. The number of halogens is 2. The number of carbonyl (C=O) groups is 2. The molecule has 1 aromatic carbocycles. The summed E-state index contributed by atoms with van der Waals surface area (Å²) >= 11 is 5.95. The van der Waals surface area contributed by atoms with Crippen LogP contribution in [0.5, 0.6) is 0 Å². The minimum Gasteiger partial charge on any atom is -0.310 e. The van der Waals surface area contributed by atoms with Crippen LogP contribution in [0.1, 0.15) is 22.3 Å². The zero-order chi connectivity index (χ0) is 19.6. The van der Waals surface area contributed by atoms with Crippen LogP contribution in [-0.2, 0) is 11.2 Å². The molecule has 0 aliphatic heterocycles. The number of anilines is 1. The van der Waals surface area contributed by atoms with Gasteiger partial charge in [0.2, 0.25) is 5.91 Å². The third-order valence-electron chi connectivity index (χ3n) is 4.54. The minimum atomic E-state index is -0.643. The molecule has 1 N–H and O–H groups in total. The van der Waals surface area contributed by atoms with Crippen LogP contribution >= 0.6 is 11.6 Å². The quantitative estimate of drug-likeness (QED) is 0.737. The number of pyridine rings is 1. The Kier molecular flexibility index (Phi) is 5.87. The second kappa shape index (κ2) is 8.15. The van der Waals surface area contributed by atoms with Crippen molar-refractivity contribution in [3.63, 3.8) is 0 Å². The molecule has 0 unspecified atom stereocenters. The first-order valence-electron chi connectivity index (χ1n) is 8.73. The zero-order valence-corrected chi connectivity index (χ0v) is 16.0. The average molecular weight is 390 g/mol. The third-order valence-corrected chi connectivity index (χ3v) is 4.86. The Bertz CT molecular complexity index is 852. The smallest absolute Gasteiger partial charge is 0.228 e. The Morgan fingerprint density at radius 2 is 2.11 bits per heavy atom. The molecule has 27 heavy (non-hydrogen) atoms. The number of nitrogens with zero attached hydrogens (tertiary/aromatic N) is 2. The number of rotatable bonds is 7. The molecule has 2 atom stereocenters. The number of Topliss-reactive ketones (excluding diaryl/α,β-unsaturated/α-hetero) is 1. The topological polar surface area (TPSA) is 62.3 Å². The van der Waals surface area contributed by atoms with E-state index in [-0.39, 0.29) is 28.8 Å². The normalized spacial score (nSPS) is 18.4. The van der Waals surface area contributed by atoms with Gasteiger partial charge in [-0.15, -0.1) is 0 Å². The molecule has 1 heterocycles. The van der Waals surface area contributed by atoms with Gasteiger partial charge in [0.05, 0.1) is 10.6 Å². The molecule has 0 radical (unpaired) electrons. The van der Waals surface area contributed by atoms with Gasteiger partial charge in [0.1, 0.15) is 11.6 Å². The number of ketones is 1. The van der Waals surface area contributed by atoms with Crippen LogP contribution in [0.4, 0.5) is 10.2 Å². The molecule has 5 nitrogen and oxygen atoms in total. The van der Waals surface area contributed by atoms with E-state index < -0.39 is 11.6 Å². The van der Waals surface area contributed by atoms with E-state index in [0.29, 0.717) is 17.3 Å². The molecule has 1 aromatic heterocycles.